The number of aliphatic hydroxyl groups is 1. The molecule has 2 fully saturated rings. The highest BCUT2D eigenvalue weighted by Gasteiger charge is 2.38. The highest BCUT2D eigenvalue weighted by Crippen LogP contribution is 2.43. The molecule has 2 saturated carbocycles. The van der Waals surface area contributed by atoms with E-state index in [1.807, 2.05) is 6.92 Å². The number of amides is 1. The molecule has 0 aliphatic heterocycles. The van der Waals surface area contributed by atoms with Crippen molar-refractivity contribution in [3.05, 3.63) is 35.8 Å². The third kappa shape index (κ3) is 5.07. The van der Waals surface area contributed by atoms with Crippen LogP contribution in [0.15, 0.2) is 18.3 Å². The Morgan fingerprint density at radius 2 is 1.84 bits per heavy atom. The number of anilines is 3. The zero-order chi connectivity index (χ0) is 26.3. The van der Waals surface area contributed by atoms with Gasteiger partial charge in [-0.3, -0.25) is 9.36 Å². The van der Waals surface area contributed by atoms with Crippen molar-refractivity contribution in [2.24, 2.45) is 11.1 Å². The van der Waals surface area contributed by atoms with Crippen molar-refractivity contribution >= 4 is 34.7 Å². The summed E-state index contributed by atoms with van der Waals surface area (Å²) in [5.41, 5.74) is 5.31. The highest BCUT2D eigenvalue weighted by atomic mass is 19.1. The molecule has 0 bridgehead atoms. The molecule has 2 atom stereocenters. The lowest BCUT2D eigenvalue weighted by Crippen LogP contribution is -2.38. The van der Waals surface area contributed by atoms with Gasteiger partial charge in [0.1, 0.15) is 17.0 Å². The maximum absolute atomic E-state index is 14.5. The van der Waals surface area contributed by atoms with Crippen molar-refractivity contribution in [3.8, 4) is 0 Å². The molecule has 2 heterocycles. The number of aromatic nitrogens is 4. The number of nitrogens with two attached hydrogens (primary N) is 1. The Bertz CT molecular complexity index is 1300. The number of carbonyl (C=O) groups is 1. The molecule has 5 N–H and O–H groups in total. The van der Waals surface area contributed by atoms with Crippen LogP contribution in [0.3, 0.4) is 0 Å². The molecule has 0 unspecified atom stereocenters. The number of halogens is 3. The lowest BCUT2D eigenvalue weighted by Gasteiger charge is -2.35. The fourth-order valence-electron chi connectivity index (χ4n) is 5.39. The summed E-state index contributed by atoms with van der Waals surface area (Å²) in [6.07, 6.45) is 6.46. The van der Waals surface area contributed by atoms with Gasteiger partial charge in [-0.25, -0.2) is 23.1 Å². The summed E-state index contributed by atoms with van der Waals surface area (Å²) in [5, 5.41) is 16.0. The molecule has 12 heteroatoms. The molecule has 2 aliphatic carbocycles. The van der Waals surface area contributed by atoms with Gasteiger partial charge in [0.2, 0.25) is 17.8 Å². The number of hydrogen-bond donors (Lipinski definition) is 4. The number of nitrogens with zero attached hydrogens (tertiary/aromatic N) is 4. The third-order valence-electron chi connectivity index (χ3n) is 7.67. The first-order valence-electron chi connectivity index (χ1n) is 12.5. The van der Waals surface area contributed by atoms with Crippen LogP contribution in [0.2, 0.25) is 0 Å². The topological polar surface area (TPSA) is 131 Å². The second-order valence-electron chi connectivity index (χ2n) is 10.4. The van der Waals surface area contributed by atoms with Crippen molar-refractivity contribution in [1.29, 1.82) is 0 Å². The first kappa shape index (κ1) is 25.2. The van der Waals surface area contributed by atoms with Crippen molar-refractivity contribution in [1.82, 2.24) is 19.5 Å². The number of imidazole rings is 1. The Labute approximate surface area is 211 Å². The molecule has 2 aliphatic rings. The van der Waals surface area contributed by atoms with Gasteiger partial charge in [-0.05, 0) is 51.4 Å². The van der Waals surface area contributed by atoms with Crippen LogP contribution in [0.5, 0.6) is 0 Å². The van der Waals surface area contributed by atoms with Crippen LogP contribution in [-0.4, -0.2) is 42.7 Å². The van der Waals surface area contributed by atoms with Crippen molar-refractivity contribution < 1.29 is 23.1 Å². The predicted molar refractivity (Wildman–Crippen MR) is 132 cm³/mol. The van der Waals surface area contributed by atoms with Gasteiger partial charge in [0.15, 0.2) is 17.3 Å². The fraction of sp³-hybridized carbons (Fsp3) is 0.520. The standard InChI is InChI=1S/C25H30F3N7O2/c1-25(22(29)37)7-5-15(6-8-25)35-21-19(12-30-23(34-21)31-14-3-2-4-16(36)11-14)32-24(35)33-20-17(27)9-13(26)10-18(20)28/h9-10,12,14-16,36H,2-8,11H2,1H3,(H2,29,37)(H,32,33)(H,30,31,34)/t14-,15-,16-,25+/m0/s1. The van der Waals surface area contributed by atoms with Crippen LogP contribution in [0.1, 0.15) is 64.3 Å². The molecule has 1 amide bonds. The van der Waals surface area contributed by atoms with E-state index in [9.17, 15) is 23.1 Å². The number of aliphatic hydroxyl groups excluding tert-OH is 1. The van der Waals surface area contributed by atoms with Crippen LogP contribution in [0, 0.1) is 22.9 Å². The van der Waals surface area contributed by atoms with Crippen molar-refractivity contribution in [2.75, 3.05) is 10.6 Å². The maximum atomic E-state index is 14.5. The number of rotatable bonds is 6. The minimum absolute atomic E-state index is 0.0172. The Morgan fingerprint density at radius 3 is 2.49 bits per heavy atom. The second-order valence-corrected chi connectivity index (χ2v) is 10.4. The van der Waals surface area contributed by atoms with Gasteiger partial charge in [0, 0.05) is 29.6 Å². The molecular formula is C25H30F3N7O2. The number of carbonyl (C=O) groups excluding carboxylic acids is 1. The molecule has 37 heavy (non-hydrogen) atoms. The van der Waals surface area contributed by atoms with E-state index in [1.165, 1.54) is 6.20 Å². The minimum atomic E-state index is -1.09. The lowest BCUT2D eigenvalue weighted by molar-refractivity contribution is -0.128. The molecule has 0 saturated heterocycles. The number of nitrogens with one attached hydrogen (secondary N) is 2. The summed E-state index contributed by atoms with van der Waals surface area (Å²) in [5.74, 6) is -3.08. The van der Waals surface area contributed by atoms with Crippen LogP contribution in [0.4, 0.5) is 30.8 Å². The van der Waals surface area contributed by atoms with Crippen LogP contribution in [0.25, 0.3) is 11.2 Å². The summed E-state index contributed by atoms with van der Waals surface area (Å²) in [6, 6.07) is 1.02. The number of fused-ring (bicyclic) bond motifs is 1. The van der Waals surface area contributed by atoms with Crippen LogP contribution < -0.4 is 16.4 Å². The molecule has 3 aromatic rings. The Balaban J connectivity index is 1.52. The van der Waals surface area contributed by atoms with E-state index in [0.29, 0.717) is 61.3 Å². The fourth-order valence-corrected chi connectivity index (χ4v) is 5.39. The summed E-state index contributed by atoms with van der Waals surface area (Å²) in [6.45, 7) is 1.84. The Hall–Kier alpha value is -3.41. The largest absolute Gasteiger partial charge is 0.393 e. The van der Waals surface area contributed by atoms with Gasteiger partial charge in [-0.2, -0.15) is 4.98 Å². The molecule has 5 rings (SSSR count). The van der Waals surface area contributed by atoms with E-state index >= 15 is 0 Å². The minimum Gasteiger partial charge on any atom is -0.393 e. The van der Waals surface area contributed by atoms with E-state index in [0.717, 1.165) is 19.3 Å². The quantitative estimate of drug-likeness (QED) is 0.383. The smallest absolute Gasteiger partial charge is 0.224 e. The zero-order valence-corrected chi connectivity index (χ0v) is 20.5. The van der Waals surface area contributed by atoms with Crippen LogP contribution in [-0.2, 0) is 4.79 Å². The normalized spacial score (nSPS) is 26.2. The van der Waals surface area contributed by atoms with Gasteiger partial charge < -0.3 is 21.5 Å². The highest BCUT2D eigenvalue weighted by molar-refractivity contribution is 5.80. The summed E-state index contributed by atoms with van der Waals surface area (Å²) >= 11 is 0. The van der Waals surface area contributed by atoms with Gasteiger partial charge in [0.25, 0.3) is 0 Å². The third-order valence-corrected chi connectivity index (χ3v) is 7.67. The maximum Gasteiger partial charge on any atom is 0.224 e. The van der Waals surface area contributed by atoms with Gasteiger partial charge >= 0.3 is 0 Å². The average molecular weight is 518 g/mol. The zero-order valence-electron chi connectivity index (χ0n) is 20.5. The molecule has 1 aromatic carbocycles. The summed E-state index contributed by atoms with van der Waals surface area (Å²) < 4.78 is 44.2. The number of hydrogen-bond acceptors (Lipinski definition) is 7. The molecule has 198 valence electrons. The van der Waals surface area contributed by atoms with Gasteiger partial charge in [0.05, 0.1) is 12.3 Å². The van der Waals surface area contributed by atoms with E-state index in [4.69, 9.17) is 5.73 Å². The molecule has 0 radical (unpaired) electrons. The monoisotopic (exact) mass is 517 g/mol. The van der Waals surface area contributed by atoms with E-state index in [1.54, 1.807) is 4.57 Å². The van der Waals surface area contributed by atoms with E-state index in [-0.39, 0.29) is 30.0 Å². The number of primary amides is 1. The first-order chi connectivity index (χ1) is 17.6. The SMILES string of the molecule is C[C@]1(C(N)=O)CC[C@@H](n2c(Nc3c(F)cc(F)cc3F)nc3cnc(N[C@H]4CCC[C@H](O)C4)nc32)CC1. The number of benzene rings is 1. The Kier molecular flexibility index (Phi) is 6.69. The first-order valence-corrected chi connectivity index (χ1v) is 12.5. The van der Waals surface area contributed by atoms with E-state index < -0.39 is 28.6 Å². The summed E-state index contributed by atoms with van der Waals surface area (Å²) in [4.78, 5) is 25.5. The molecule has 2 aromatic heterocycles. The predicted octanol–water partition coefficient (Wildman–Crippen LogP) is 4.31. The second kappa shape index (κ2) is 9.81. The Morgan fingerprint density at radius 1 is 1.14 bits per heavy atom. The van der Waals surface area contributed by atoms with Crippen molar-refractivity contribution in [2.45, 2.75) is 76.5 Å². The van der Waals surface area contributed by atoms with Crippen LogP contribution >= 0.6 is 0 Å². The van der Waals surface area contributed by atoms with Gasteiger partial charge in [-0.15, -0.1) is 0 Å². The van der Waals surface area contributed by atoms with Crippen molar-refractivity contribution in [3.63, 3.8) is 0 Å². The molecule has 0 spiro atoms. The lowest BCUT2D eigenvalue weighted by atomic mass is 9.73. The molecular weight excluding hydrogens is 487 g/mol. The summed E-state index contributed by atoms with van der Waals surface area (Å²) in [7, 11) is 0. The average Bonchev–Trinajstić information content (AvgIpc) is 3.19. The molecule has 9 nitrogen and oxygen atoms in total. The van der Waals surface area contributed by atoms with Gasteiger partial charge in [-0.1, -0.05) is 6.92 Å². The van der Waals surface area contributed by atoms with E-state index in [2.05, 4.69) is 25.6 Å².